The molecule has 1 heterocycles. The molecule has 0 radical (unpaired) electrons. The van der Waals surface area contributed by atoms with Crippen molar-refractivity contribution in [1.29, 1.82) is 0 Å². The predicted octanol–water partition coefficient (Wildman–Crippen LogP) is 2.28. The zero-order valence-corrected chi connectivity index (χ0v) is 11.3. The summed E-state index contributed by atoms with van der Waals surface area (Å²) in [6.07, 6.45) is 5.66. The van der Waals surface area contributed by atoms with E-state index in [4.69, 9.17) is 5.11 Å². The van der Waals surface area contributed by atoms with Gasteiger partial charge in [0, 0.05) is 12.5 Å². The topological polar surface area (TPSA) is 57.6 Å². The van der Waals surface area contributed by atoms with Crippen LogP contribution in [0.25, 0.3) is 0 Å². The molecule has 1 saturated carbocycles. The molecule has 4 heteroatoms. The molecule has 2 fully saturated rings. The van der Waals surface area contributed by atoms with E-state index in [9.17, 15) is 9.59 Å². The van der Waals surface area contributed by atoms with Crippen LogP contribution in [0.4, 0.5) is 0 Å². The third kappa shape index (κ3) is 2.38. The smallest absolute Gasteiger partial charge is 0.326 e. The number of likely N-dealkylation sites (tertiary alicyclic amines) is 1. The Kier molecular flexibility index (Phi) is 3.64. The Balaban J connectivity index is 2.12. The van der Waals surface area contributed by atoms with E-state index in [1.54, 1.807) is 4.90 Å². The molecule has 4 nitrogen and oxygen atoms in total. The van der Waals surface area contributed by atoms with Gasteiger partial charge in [-0.25, -0.2) is 4.79 Å². The van der Waals surface area contributed by atoms with Crippen LogP contribution in [-0.4, -0.2) is 34.5 Å². The van der Waals surface area contributed by atoms with Crippen LogP contribution in [0, 0.1) is 11.3 Å². The number of carboxylic acid groups (broad SMARTS) is 1. The fraction of sp³-hybridized carbons (Fsp3) is 0.857. The summed E-state index contributed by atoms with van der Waals surface area (Å²) in [5.41, 5.74) is 0.0149. The Morgan fingerprint density at radius 1 is 1.17 bits per heavy atom. The average molecular weight is 253 g/mol. The van der Waals surface area contributed by atoms with Crippen LogP contribution >= 0.6 is 0 Å². The van der Waals surface area contributed by atoms with Crippen LogP contribution in [0.2, 0.25) is 0 Å². The van der Waals surface area contributed by atoms with Crippen molar-refractivity contribution < 1.29 is 14.7 Å². The number of carboxylic acids is 1. The number of carbonyl (C=O) groups is 2. The minimum absolute atomic E-state index is 0.00574. The van der Waals surface area contributed by atoms with Crippen molar-refractivity contribution in [2.24, 2.45) is 11.3 Å². The lowest BCUT2D eigenvalue weighted by atomic mass is 9.68. The van der Waals surface area contributed by atoms with E-state index in [2.05, 4.69) is 13.8 Å². The van der Waals surface area contributed by atoms with E-state index in [1.165, 1.54) is 6.42 Å². The molecular formula is C14H23NO3. The van der Waals surface area contributed by atoms with Crippen LogP contribution in [0.5, 0.6) is 0 Å². The van der Waals surface area contributed by atoms with Gasteiger partial charge in [0.1, 0.15) is 6.04 Å². The fourth-order valence-corrected chi connectivity index (χ4v) is 3.44. The highest BCUT2D eigenvalue weighted by atomic mass is 16.4. The second-order valence-electron chi connectivity index (χ2n) is 6.31. The molecule has 1 saturated heterocycles. The second kappa shape index (κ2) is 4.90. The number of carbonyl (C=O) groups excluding carboxylic acids is 1. The molecule has 0 spiro atoms. The normalized spacial score (nSPS) is 31.3. The standard InChI is InChI=1S/C14H23NO3/c1-14(2)8-4-3-6-10(14)12(16)15-9-5-7-11(15)13(17)18/h10-11H,3-9H2,1-2H3,(H,17,18)/t10?,11-/m1/s1. The lowest BCUT2D eigenvalue weighted by Gasteiger charge is -2.40. The molecule has 0 bridgehead atoms. The molecule has 1 aliphatic heterocycles. The SMILES string of the molecule is CC1(C)CCCCC1C(=O)N1CCC[C@@H]1C(=O)O. The van der Waals surface area contributed by atoms with Crippen molar-refractivity contribution in [3.8, 4) is 0 Å². The summed E-state index contributed by atoms with van der Waals surface area (Å²) in [5.74, 6) is -0.773. The van der Waals surface area contributed by atoms with Gasteiger partial charge in [-0.15, -0.1) is 0 Å². The molecule has 1 amide bonds. The minimum atomic E-state index is -0.852. The summed E-state index contributed by atoms with van der Waals surface area (Å²) < 4.78 is 0. The number of hydrogen-bond acceptors (Lipinski definition) is 2. The van der Waals surface area contributed by atoms with Crippen molar-refractivity contribution in [2.75, 3.05) is 6.54 Å². The maximum absolute atomic E-state index is 12.6. The molecule has 0 aromatic rings. The highest BCUT2D eigenvalue weighted by Crippen LogP contribution is 2.42. The molecule has 102 valence electrons. The minimum Gasteiger partial charge on any atom is -0.480 e. The van der Waals surface area contributed by atoms with E-state index < -0.39 is 12.0 Å². The van der Waals surface area contributed by atoms with Crippen LogP contribution in [0.3, 0.4) is 0 Å². The largest absolute Gasteiger partial charge is 0.480 e. The molecule has 1 aliphatic carbocycles. The Bertz CT molecular complexity index is 351. The van der Waals surface area contributed by atoms with Crippen LogP contribution < -0.4 is 0 Å². The van der Waals surface area contributed by atoms with Crippen molar-refractivity contribution in [3.05, 3.63) is 0 Å². The number of aliphatic carboxylic acids is 1. The Morgan fingerprint density at radius 3 is 2.50 bits per heavy atom. The molecule has 0 aromatic heterocycles. The van der Waals surface area contributed by atoms with Gasteiger partial charge in [-0.05, 0) is 31.1 Å². The van der Waals surface area contributed by atoms with Crippen LogP contribution in [-0.2, 0) is 9.59 Å². The number of nitrogens with zero attached hydrogens (tertiary/aromatic N) is 1. The van der Waals surface area contributed by atoms with Gasteiger partial charge in [0.2, 0.25) is 5.91 Å². The fourth-order valence-electron chi connectivity index (χ4n) is 3.44. The molecule has 0 aromatic carbocycles. The summed E-state index contributed by atoms with van der Waals surface area (Å²) in [7, 11) is 0. The molecule has 1 N–H and O–H groups in total. The third-order valence-electron chi connectivity index (χ3n) is 4.63. The summed E-state index contributed by atoms with van der Waals surface area (Å²) in [5, 5.41) is 9.17. The molecule has 1 unspecified atom stereocenters. The molecular weight excluding hydrogens is 230 g/mol. The van der Waals surface area contributed by atoms with Gasteiger partial charge in [-0.3, -0.25) is 4.79 Å². The lowest BCUT2D eigenvalue weighted by Crippen LogP contribution is -2.47. The third-order valence-corrected chi connectivity index (χ3v) is 4.63. The number of rotatable bonds is 2. The first-order valence-corrected chi connectivity index (χ1v) is 6.97. The quantitative estimate of drug-likeness (QED) is 0.821. The zero-order valence-electron chi connectivity index (χ0n) is 11.3. The predicted molar refractivity (Wildman–Crippen MR) is 68.1 cm³/mol. The van der Waals surface area contributed by atoms with E-state index in [-0.39, 0.29) is 17.2 Å². The van der Waals surface area contributed by atoms with Crippen LogP contribution in [0.1, 0.15) is 52.4 Å². The van der Waals surface area contributed by atoms with Gasteiger partial charge in [-0.2, -0.15) is 0 Å². The molecule has 18 heavy (non-hydrogen) atoms. The highest BCUT2D eigenvalue weighted by molar-refractivity contribution is 5.86. The lowest BCUT2D eigenvalue weighted by molar-refractivity contribution is -0.152. The Labute approximate surface area is 108 Å². The first-order chi connectivity index (χ1) is 8.43. The van der Waals surface area contributed by atoms with Gasteiger partial charge in [0.15, 0.2) is 0 Å². The van der Waals surface area contributed by atoms with Gasteiger partial charge >= 0.3 is 5.97 Å². The van der Waals surface area contributed by atoms with E-state index >= 15 is 0 Å². The van der Waals surface area contributed by atoms with Crippen molar-refractivity contribution >= 4 is 11.9 Å². The maximum Gasteiger partial charge on any atom is 0.326 e. The number of hydrogen-bond donors (Lipinski definition) is 1. The first kappa shape index (κ1) is 13.4. The van der Waals surface area contributed by atoms with Crippen molar-refractivity contribution in [1.82, 2.24) is 4.90 Å². The maximum atomic E-state index is 12.6. The highest BCUT2D eigenvalue weighted by Gasteiger charge is 2.43. The number of amides is 1. The first-order valence-electron chi connectivity index (χ1n) is 6.97. The van der Waals surface area contributed by atoms with Gasteiger partial charge < -0.3 is 10.0 Å². The monoisotopic (exact) mass is 253 g/mol. The molecule has 2 atom stereocenters. The zero-order chi connectivity index (χ0) is 13.3. The molecule has 2 aliphatic rings. The Hall–Kier alpha value is -1.06. The summed E-state index contributed by atoms with van der Waals surface area (Å²) >= 11 is 0. The van der Waals surface area contributed by atoms with Gasteiger partial charge in [0.25, 0.3) is 0 Å². The van der Waals surface area contributed by atoms with E-state index in [1.807, 2.05) is 0 Å². The second-order valence-corrected chi connectivity index (χ2v) is 6.31. The summed E-state index contributed by atoms with van der Waals surface area (Å²) in [6.45, 7) is 4.89. The van der Waals surface area contributed by atoms with Gasteiger partial charge in [0.05, 0.1) is 0 Å². The van der Waals surface area contributed by atoms with Crippen molar-refractivity contribution in [2.45, 2.75) is 58.4 Å². The summed E-state index contributed by atoms with van der Waals surface area (Å²) in [4.78, 5) is 25.4. The van der Waals surface area contributed by atoms with Crippen LogP contribution in [0.15, 0.2) is 0 Å². The van der Waals surface area contributed by atoms with Crippen molar-refractivity contribution in [3.63, 3.8) is 0 Å². The summed E-state index contributed by atoms with van der Waals surface area (Å²) in [6, 6.07) is -0.588. The molecule has 2 rings (SSSR count). The van der Waals surface area contributed by atoms with Gasteiger partial charge in [-0.1, -0.05) is 26.7 Å². The van der Waals surface area contributed by atoms with E-state index in [0.29, 0.717) is 13.0 Å². The average Bonchev–Trinajstić information content (AvgIpc) is 2.76. The Morgan fingerprint density at radius 2 is 1.89 bits per heavy atom. The van der Waals surface area contributed by atoms with E-state index in [0.717, 1.165) is 25.7 Å².